The van der Waals surface area contributed by atoms with Crippen molar-refractivity contribution in [3.8, 4) is 5.75 Å². The second-order valence-corrected chi connectivity index (χ2v) is 4.53. The minimum atomic E-state index is -0.198. The van der Waals surface area contributed by atoms with Crippen molar-refractivity contribution >= 4 is 33.1 Å². The van der Waals surface area contributed by atoms with Gasteiger partial charge in [-0.05, 0) is 22.2 Å². The monoisotopic (exact) mass is 251 g/mol. The fraction of sp³-hybridized carbons (Fsp3) is 0.0625. The predicted octanol–water partition coefficient (Wildman–Crippen LogP) is 3.66. The lowest BCUT2D eigenvalue weighted by atomic mass is 10.00. The molecule has 0 saturated carbocycles. The molecule has 0 heterocycles. The highest BCUT2D eigenvalue weighted by Crippen LogP contribution is 2.37. The summed E-state index contributed by atoms with van der Waals surface area (Å²) in [5.74, 6) is -0.116. The van der Waals surface area contributed by atoms with Gasteiger partial charge in [-0.2, -0.15) is 0 Å². The molecule has 0 bridgehead atoms. The smallest absolute Gasteiger partial charge is 0.221 e. The van der Waals surface area contributed by atoms with Crippen molar-refractivity contribution < 1.29 is 9.90 Å². The van der Waals surface area contributed by atoms with Crippen LogP contribution in [0, 0.1) is 0 Å². The Labute approximate surface area is 110 Å². The lowest BCUT2D eigenvalue weighted by molar-refractivity contribution is -0.114. The van der Waals surface area contributed by atoms with E-state index in [0.29, 0.717) is 5.69 Å². The van der Waals surface area contributed by atoms with Gasteiger partial charge < -0.3 is 10.4 Å². The van der Waals surface area contributed by atoms with Crippen LogP contribution < -0.4 is 5.32 Å². The maximum atomic E-state index is 11.3. The first-order chi connectivity index (χ1) is 9.16. The Morgan fingerprint density at radius 1 is 1.00 bits per heavy atom. The van der Waals surface area contributed by atoms with Gasteiger partial charge in [-0.3, -0.25) is 4.79 Å². The highest BCUT2D eigenvalue weighted by atomic mass is 16.3. The number of benzene rings is 3. The minimum Gasteiger partial charge on any atom is -0.506 e. The quantitative estimate of drug-likeness (QED) is 0.512. The molecule has 0 spiro atoms. The highest BCUT2D eigenvalue weighted by molar-refractivity contribution is 6.16. The first kappa shape index (κ1) is 11.5. The summed E-state index contributed by atoms with van der Waals surface area (Å²) in [6.45, 7) is 1.43. The van der Waals surface area contributed by atoms with Crippen LogP contribution in [-0.4, -0.2) is 11.0 Å². The molecule has 1 amide bonds. The Morgan fingerprint density at radius 3 is 2.47 bits per heavy atom. The Hall–Kier alpha value is -2.55. The molecule has 0 saturated heterocycles. The average Bonchev–Trinajstić information content (AvgIpc) is 2.41. The summed E-state index contributed by atoms with van der Waals surface area (Å²) in [6, 6.07) is 15.4. The summed E-state index contributed by atoms with van der Waals surface area (Å²) in [4.78, 5) is 11.3. The van der Waals surface area contributed by atoms with Crippen LogP contribution in [-0.2, 0) is 4.79 Å². The molecule has 3 aromatic carbocycles. The van der Waals surface area contributed by atoms with Gasteiger partial charge in [0.05, 0.1) is 5.69 Å². The number of carbonyl (C=O) groups is 1. The summed E-state index contributed by atoms with van der Waals surface area (Å²) in [6.07, 6.45) is 0. The molecule has 0 aliphatic carbocycles. The van der Waals surface area contributed by atoms with Gasteiger partial charge in [0, 0.05) is 12.3 Å². The fourth-order valence-electron chi connectivity index (χ4n) is 2.39. The van der Waals surface area contributed by atoms with Crippen molar-refractivity contribution in [2.75, 3.05) is 5.32 Å². The highest BCUT2D eigenvalue weighted by Gasteiger charge is 2.11. The third-order valence-electron chi connectivity index (χ3n) is 3.19. The number of nitrogens with one attached hydrogen (secondary N) is 1. The maximum Gasteiger partial charge on any atom is 0.221 e. The zero-order valence-electron chi connectivity index (χ0n) is 10.5. The fourth-order valence-corrected chi connectivity index (χ4v) is 2.39. The summed E-state index contributed by atoms with van der Waals surface area (Å²) in [5.41, 5.74) is 0.474. The molecule has 94 valence electrons. The van der Waals surface area contributed by atoms with Crippen LogP contribution in [0.3, 0.4) is 0 Å². The van der Waals surface area contributed by atoms with Crippen molar-refractivity contribution in [2.24, 2.45) is 0 Å². The van der Waals surface area contributed by atoms with Crippen LogP contribution in [0.2, 0.25) is 0 Å². The molecule has 0 radical (unpaired) electrons. The summed E-state index contributed by atoms with van der Waals surface area (Å²) < 4.78 is 0. The second-order valence-electron chi connectivity index (χ2n) is 4.53. The van der Waals surface area contributed by atoms with E-state index in [9.17, 15) is 9.90 Å². The molecule has 3 rings (SSSR count). The topological polar surface area (TPSA) is 49.3 Å². The standard InChI is InChI=1S/C16H13NO2/c1-10(18)17-16-14(19)9-8-12-7-6-11-4-2-3-5-13(11)15(12)16/h2-9,19H,1H3,(H,17,18). The lowest BCUT2D eigenvalue weighted by Crippen LogP contribution is -2.06. The molecule has 0 aromatic heterocycles. The number of anilines is 1. The number of phenols is 1. The van der Waals surface area contributed by atoms with Gasteiger partial charge in [0.15, 0.2) is 0 Å². The van der Waals surface area contributed by atoms with Crippen molar-refractivity contribution in [1.82, 2.24) is 0 Å². The Bertz CT molecular complexity index is 793. The van der Waals surface area contributed by atoms with E-state index in [2.05, 4.69) is 5.32 Å². The van der Waals surface area contributed by atoms with E-state index in [1.54, 1.807) is 6.07 Å². The summed E-state index contributed by atoms with van der Waals surface area (Å²) in [7, 11) is 0. The zero-order valence-corrected chi connectivity index (χ0v) is 10.5. The van der Waals surface area contributed by atoms with Gasteiger partial charge in [-0.25, -0.2) is 0 Å². The number of amides is 1. The Balaban J connectivity index is 2.47. The van der Waals surface area contributed by atoms with Crippen LogP contribution in [0.4, 0.5) is 5.69 Å². The van der Waals surface area contributed by atoms with E-state index in [4.69, 9.17) is 0 Å². The summed E-state index contributed by atoms with van der Waals surface area (Å²) in [5, 5.41) is 16.7. The van der Waals surface area contributed by atoms with Gasteiger partial charge in [-0.15, -0.1) is 0 Å². The average molecular weight is 251 g/mol. The number of hydrogen-bond donors (Lipinski definition) is 2. The predicted molar refractivity (Wildman–Crippen MR) is 77.4 cm³/mol. The largest absolute Gasteiger partial charge is 0.506 e. The molecule has 0 atom stereocenters. The van der Waals surface area contributed by atoms with Crippen molar-refractivity contribution in [3.05, 3.63) is 48.5 Å². The Kier molecular flexibility index (Phi) is 2.60. The number of hydrogen-bond acceptors (Lipinski definition) is 2. The van der Waals surface area contributed by atoms with E-state index < -0.39 is 0 Å². The molecule has 0 fully saturated rings. The number of rotatable bonds is 1. The molecule has 3 heteroatoms. The second kappa shape index (κ2) is 4.28. The van der Waals surface area contributed by atoms with E-state index in [0.717, 1.165) is 21.5 Å². The zero-order chi connectivity index (χ0) is 13.4. The van der Waals surface area contributed by atoms with Gasteiger partial charge in [0.2, 0.25) is 5.91 Å². The maximum absolute atomic E-state index is 11.3. The molecule has 0 aliphatic heterocycles. The normalized spacial score (nSPS) is 10.8. The van der Waals surface area contributed by atoms with Crippen molar-refractivity contribution in [3.63, 3.8) is 0 Å². The van der Waals surface area contributed by atoms with Crippen LogP contribution in [0.5, 0.6) is 5.75 Å². The molecule has 0 aliphatic rings. The molecular weight excluding hydrogens is 238 g/mol. The summed E-state index contributed by atoms with van der Waals surface area (Å²) >= 11 is 0. The van der Waals surface area contributed by atoms with Gasteiger partial charge in [-0.1, -0.05) is 42.5 Å². The van der Waals surface area contributed by atoms with Crippen molar-refractivity contribution in [1.29, 1.82) is 0 Å². The molecule has 3 nitrogen and oxygen atoms in total. The van der Waals surface area contributed by atoms with Crippen LogP contribution in [0.15, 0.2) is 48.5 Å². The number of phenolic OH excluding ortho intramolecular Hbond substituents is 1. The van der Waals surface area contributed by atoms with Crippen molar-refractivity contribution in [2.45, 2.75) is 6.92 Å². The van der Waals surface area contributed by atoms with E-state index >= 15 is 0 Å². The molecule has 2 N–H and O–H groups in total. The van der Waals surface area contributed by atoms with Crippen LogP contribution in [0.25, 0.3) is 21.5 Å². The Morgan fingerprint density at radius 2 is 1.68 bits per heavy atom. The minimum absolute atomic E-state index is 0.0825. The molecule has 3 aromatic rings. The van der Waals surface area contributed by atoms with E-state index in [1.807, 2.05) is 42.5 Å². The number of aromatic hydroxyl groups is 1. The van der Waals surface area contributed by atoms with Gasteiger partial charge in [0.25, 0.3) is 0 Å². The van der Waals surface area contributed by atoms with Gasteiger partial charge >= 0.3 is 0 Å². The molecule has 19 heavy (non-hydrogen) atoms. The molecular formula is C16H13NO2. The van der Waals surface area contributed by atoms with E-state index in [1.165, 1.54) is 6.92 Å². The van der Waals surface area contributed by atoms with Crippen LogP contribution >= 0.6 is 0 Å². The molecule has 0 unspecified atom stereocenters. The SMILES string of the molecule is CC(=O)Nc1c(O)ccc2ccc3ccccc3c12. The first-order valence-electron chi connectivity index (χ1n) is 6.08. The van der Waals surface area contributed by atoms with Crippen LogP contribution in [0.1, 0.15) is 6.92 Å². The third kappa shape index (κ3) is 1.89. The van der Waals surface area contributed by atoms with E-state index in [-0.39, 0.29) is 11.7 Å². The third-order valence-corrected chi connectivity index (χ3v) is 3.19. The number of carbonyl (C=O) groups excluding carboxylic acids is 1. The first-order valence-corrected chi connectivity index (χ1v) is 6.08. The lowest BCUT2D eigenvalue weighted by Gasteiger charge is -2.12. The number of fused-ring (bicyclic) bond motifs is 3. The van der Waals surface area contributed by atoms with Gasteiger partial charge in [0.1, 0.15) is 5.75 Å².